The molecule has 0 aliphatic heterocycles. The number of carbonyl (C=O) groups excluding carboxylic acids is 1. The Balaban J connectivity index is 2.37. The van der Waals surface area contributed by atoms with Gasteiger partial charge in [0, 0.05) is 0 Å². The van der Waals surface area contributed by atoms with E-state index in [1.807, 2.05) is 30.3 Å². The van der Waals surface area contributed by atoms with Gasteiger partial charge in [-0.2, -0.15) is 0 Å². The first kappa shape index (κ1) is 15.7. The Hall–Kier alpha value is -2.34. The number of alkyl carbamates (subject to hydrolysis) is 1. The fraction of sp³-hybridized carbons (Fsp3) is 0.286. The molecule has 1 atom stereocenters. The van der Waals surface area contributed by atoms with Crippen LogP contribution in [0.1, 0.15) is 5.56 Å². The van der Waals surface area contributed by atoms with Crippen LogP contribution in [-0.4, -0.2) is 36.4 Å². The van der Waals surface area contributed by atoms with Gasteiger partial charge in [-0.25, -0.2) is 9.59 Å². The molecule has 1 amide bonds. The van der Waals surface area contributed by atoms with Gasteiger partial charge < -0.3 is 19.9 Å². The lowest BCUT2D eigenvalue weighted by atomic mass is 10.2. The first-order valence-electron chi connectivity index (χ1n) is 6.02. The van der Waals surface area contributed by atoms with E-state index in [4.69, 9.17) is 9.84 Å². The molecular formula is C14H17NO5. The maximum Gasteiger partial charge on any atom is 0.408 e. The highest BCUT2D eigenvalue weighted by Gasteiger charge is 2.20. The molecule has 0 saturated carbocycles. The Morgan fingerprint density at radius 3 is 2.65 bits per heavy atom. The van der Waals surface area contributed by atoms with Crippen LogP contribution in [0.4, 0.5) is 4.79 Å². The molecule has 1 rings (SSSR count). The summed E-state index contributed by atoms with van der Waals surface area (Å²) in [6.07, 6.45) is 0.571. The molecule has 1 aromatic carbocycles. The van der Waals surface area contributed by atoms with Crippen molar-refractivity contribution in [2.24, 2.45) is 0 Å². The SMILES string of the molecule is C=CCOC(=O)N[C@H](COCc1ccccc1)C(=O)O. The highest BCUT2D eigenvalue weighted by Crippen LogP contribution is 2.01. The van der Waals surface area contributed by atoms with Crippen molar-refractivity contribution >= 4 is 12.1 Å². The van der Waals surface area contributed by atoms with Crippen molar-refractivity contribution in [1.82, 2.24) is 5.32 Å². The third-order valence-electron chi connectivity index (χ3n) is 2.32. The average Bonchev–Trinajstić information content (AvgIpc) is 2.45. The van der Waals surface area contributed by atoms with Gasteiger partial charge in [0.1, 0.15) is 6.61 Å². The molecule has 0 bridgehead atoms. The second kappa shape index (κ2) is 8.71. The van der Waals surface area contributed by atoms with Gasteiger partial charge in [0.25, 0.3) is 0 Å². The van der Waals surface area contributed by atoms with Crippen LogP contribution in [0.15, 0.2) is 43.0 Å². The first-order valence-corrected chi connectivity index (χ1v) is 6.02. The fourth-order valence-electron chi connectivity index (χ4n) is 1.36. The fourth-order valence-corrected chi connectivity index (χ4v) is 1.36. The van der Waals surface area contributed by atoms with E-state index >= 15 is 0 Å². The minimum Gasteiger partial charge on any atom is -0.480 e. The summed E-state index contributed by atoms with van der Waals surface area (Å²) in [6, 6.07) is 8.16. The summed E-state index contributed by atoms with van der Waals surface area (Å²) in [5.74, 6) is -1.19. The van der Waals surface area contributed by atoms with Gasteiger partial charge in [0.05, 0.1) is 13.2 Å². The monoisotopic (exact) mass is 279 g/mol. The Morgan fingerprint density at radius 1 is 1.35 bits per heavy atom. The van der Waals surface area contributed by atoms with Crippen LogP contribution in [0.25, 0.3) is 0 Å². The molecule has 0 aliphatic carbocycles. The lowest BCUT2D eigenvalue weighted by molar-refractivity contribution is -0.141. The van der Waals surface area contributed by atoms with Gasteiger partial charge in [-0.1, -0.05) is 43.0 Å². The summed E-state index contributed by atoms with van der Waals surface area (Å²) in [5.41, 5.74) is 0.922. The van der Waals surface area contributed by atoms with Crippen LogP contribution >= 0.6 is 0 Å². The van der Waals surface area contributed by atoms with E-state index in [9.17, 15) is 9.59 Å². The molecule has 0 aromatic heterocycles. The van der Waals surface area contributed by atoms with E-state index in [-0.39, 0.29) is 19.8 Å². The number of carboxylic acid groups (broad SMARTS) is 1. The molecule has 0 aliphatic rings. The number of amides is 1. The normalized spacial score (nSPS) is 11.4. The highest BCUT2D eigenvalue weighted by molar-refractivity contribution is 5.80. The smallest absolute Gasteiger partial charge is 0.408 e. The summed E-state index contributed by atoms with van der Waals surface area (Å²) < 4.78 is 9.93. The standard InChI is InChI=1S/C14H17NO5/c1-2-8-20-14(18)15-12(13(16)17)10-19-9-11-6-4-3-5-7-11/h2-7,12H,1,8-10H2,(H,15,18)(H,16,17)/t12-/m1/s1. The maximum absolute atomic E-state index is 11.2. The van der Waals surface area contributed by atoms with Gasteiger partial charge in [-0.05, 0) is 5.56 Å². The Bertz CT molecular complexity index is 446. The maximum atomic E-state index is 11.2. The molecule has 6 heteroatoms. The first-order chi connectivity index (χ1) is 9.63. The molecule has 6 nitrogen and oxygen atoms in total. The highest BCUT2D eigenvalue weighted by atomic mass is 16.5. The van der Waals surface area contributed by atoms with E-state index in [0.29, 0.717) is 0 Å². The van der Waals surface area contributed by atoms with E-state index in [1.54, 1.807) is 0 Å². The molecule has 1 aromatic rings. The van der Waals surface area contributed by atoms with Crippen molar-refractivity contribution in [1.29, 1.82) is 0 Å². The lowest BCUT2D eigenvalue weighted by Crippen LogP contribution is -2.44. The van der Waals surface area contributed by atoms with Gasteiger partial charge in [-0.15, -0.1) is 0 Å². The number of ether oxygens (including phenoxy) is 2. The van der Waals surface area contributed by atoms with E-state index in [1.165, 1.54) is 6.08 Å². The summed E-state index contributed by atoms with van der Waals surface area (Å²) >= 11 is 0. The Labute approximate surface area is 117 Å². The third kappa shape index (κ3) is 6.01. The molecule has 2 N–H and O–H groups in total. The second-order valence-electron chi connectivity index (χ2n) is 3.92. The van der Waals surface area contributed by atoms with Gasteiger partial charge in [0.2, 0.25) is 0 Å². The van der Waals surface area contributed by atoms with Crippen molar-refractivity contribution in [3.05, 3.63) is 48.6 Å². The van der Waals surface area contributed by atoms with Crippen LogP contribution in [-0.2, 0) is 20.9 Å². The summed E-state index contributed by atoms with van der Waals surface area (Å²) in [7, 11) is 0. The molecular weight excluding hydrogens is 262 g/mol. The van der Waals surface area contributed by atoms with Crippen LogP contribution < -0.4 is 5.32 Å². The van der Waals surface area contributed by atoms with Crippen molar-refractivity contribution in [3.63, 3.8) is 0 Å². The third-order valence-corrected chi connectivity index (χ3v) is 2.32. The second-order valence-corrected chi connectivity index (χ2v) is 3.92. The van der Waals surface area contributed by atoms with Crippen molar-refractivity contribution in [2.75, 3.05) is 13.2 Å². The zero-order chi connectivity index (χ0) is 14.8. The van der Waals surface area contributed by atoms with Gasteiger partial charge >= 0.3 is 12.1 Å². The number of rotatable bonds is 8. The van der Waals surface area contributed by atoms with Gasteiger partial charge in [0.15, 0.2) is 6.04 Å². The predicted octanol–water partition coefficient (Wildman–Crippen LogP) is 1.57. The predicted molar refractivity (Wildman–Crippen MR) is 72.2 cm³/mol. The largest absolute Gasteiger partial charge is 0.480 e. The number of benzene rings is 1. The number of carbonyl (C=O) groups is 2. The van der Waals surface area contributed by atoms with E-state index < -0.39 is 18.1 Å². The molecule has 0 fully saturated rings. The Kier molecular flexibility index (Phi) is 6.84. The van der Waals surface area contributed by atoms with Crippen molar-refractivity contribution < 1.29 is 24.2 Å². The lowest BCUT2D eigenvalue weighted by Gasteiger charge is -2.14. The molecule has 0 heterocycles. The number of hydrogen-bond donors (Lipinski definition) is 2. The zero-order valence-corrected chi connectivity index (χ0v) is 11.0. The Morgan fingerprint density at radius 2 is 2.05 bits per heavy atom. The molecule has 0 spiro atoms. The summed E-state index contributed by atoms with van der Waals surface area (Å²) in [6.45, 7) is 3.53. The number of carboxylic acids is 1. The minimum atomic E-state index is -1.19. The molecule has 20 heavy (non-hydrogen) atoms. The van der Waals surface area contributed by atoms with Gasteiger partial charge in [-0.3, -0.25) is 0 Å². The number of nitrogens with one attached hydrogen (secondary N) is 1. The minimum absolute atomic E-state index is 0.0169. The number of aliphatic carboxylic acids is 1. The molecule has 0 saturated heterocycles. The quantitative estimate of drug-likeness (QED) is 0.705. The van der Waals surface area contributed by atoms with Crippen molar-refractivity contribution in [2.45, 2.75) is 12.6 Å². The molecule has 108 valence electrons. The van der Waals surface area contributed by atoms with Crippen molar-refractivity contribution in [3.8, 4) is 0 Å². The van der Waals surface area contributed by atoms with E-state index in [0.717, 1.165) is 5.56 Å². The number of hydrogen-bond acceptors (Lipinski definition) is 4. The van der Waals surface area contributed by atoms with E-state index in [2.05, 4.69) is 16.6 Å². The summed E-state index contributed by atoms with van der Waals surface area (Å²) in [5, 5.41) is 11.2. The van der Waals surface area contributed by atoms with Crippen LogP contribution in [0.2, 0.25) is 0 Å². The topological polar surface area (TPSA) is 84.9 Å². The van der Waals surface area contributed by atoms with Crippen LogP contribution in [0.3, 0.4) is 0 Å². The molecule has 0 unspecified atom stereocenters. The summed E-state index contributed by atoms with van der Waals surface area (Å²) in [4.78, 5) is 22.2. The van der Waals surface area contributed by atoms with Crippen LogP contribution in [0, 0.1) is 0 Å². The average molecular weight is 279 g/mol. The molecule has 0 radical (unpaired) electrons. The van der Waals surface area contributed by atoms with Crippen LogP contribution in [0.5, 0.6) is 0 Å². The zero-order valence-electron chi connectivity index (χ0n) is 11.0.